The van der Waals surface area contributed by atoms with E-state index in [1.165, 1.54) is 5.56 Å². The largest absolute Gasteiger partial charge is 0.312 e. The molecule has 0 spiro atoms. The van der Waals surface area contributed by atoms with Crippen molar-refractivity contribution in [3.05, 3.63) is 53.9 Å². The first-order chi connectivity index (χ1) is 8.26. The average Bonchev–Trinajstić information content (AvgIpc) is 2.87. The molecule has 0 radical (unpaired) electrons. The van der Waals surface area contributed by atoms with E-state index < -0.39 is 0 Å². The number of nitrogens with zero attached hydrogens (tertiary/aromatic N) is 1. The molecule has 0 bridgehead atoms. The zero-order valence-corrected chi connectivity index (χ0v) is 9.68. The smallest absolute Gasteiger partial charge is 0.282 e. The van der Waals surface area contributed by atoms with Gasteiger partial charge in [-0.25, -0.2) is 5.84 Å². The molecular weight excluding hydrogens is 214 g/mol. The van der Waals surface area contributed by atoms with E-state index in [9.17, 15) is 4.79 Å². The van der Waals surface area contributed by atoms with Crippen LogP contribution in [-0.2, 0) is 6.42 Å². The molecule has 1 heterocycles. The SMILES string of the molecule is CCc1ccc(-n2cccc2C(=O)NN)cc1. The molecule has 2 rings (SSSR count). The summed E-state index contributed by atoms with van der Waals surface area (Å²) >= 11 is 0. The number of aryl methyl sites for hydroxylation is 1. The molecule has 0 fully saturated rings. The number of nitrogens with one attached hydrogen (secondary N) is 1. The van der Waals surface area contributed by atoms with Gasteiger partial charge in [0.25, 0.3) is 5.91 Å². The standard InChI is InChI=1S/C13H15N3O/c1-2-10-5-7-11(8-6-10)16-9-3-4-12(16)13(17)15-14/h3-9H,2,14H2,1H3,(H,15,17). The van der Waals surface area contributed by atoms with Crippen molar-refractivity contribution in [2.45, 2.75) is 13.3 Å². The van der Waals surface area contributed by atoms with Gasteiger partial charge in [-0.05, 0) is 36.2 Å². The Morgan fingerprint density at radius 3 is 2.59 bits per heavy atom. The number of rotatable bonds is 3. The van der Waals surface area contributed by atoms with Crippen LogP contribution in [0, 0.1) is 0 Å². The highest BCUT2D eigenvalue weighted by Crippen LogP contribution is 2.14. The van der Waals surface area contributed by atoms with Crippen molar-refractivity contribution in [3.63, 3.8) is 0 Å². The van der Waals surface area contributed by atoms with Gasteiger partial charge in [-0.1, -0.05) is 19.1 Å². The number of nitrogen functional groups attached to an aromatic ring is 1. The van der Waals surface area contributed by atoms with E-state index in [1.807, 2.05) is 29.0 Å². The van der Waals surface area contributed by atoms with Crippen molar-refractivity contribution < 1.29 is 4.79 Å². The molecule has 0 aliphatic carbocycles. The highest BCUT2D eigenvalue weighted by Gasteiger charge is 2.09. The summed E-state index contributed by atoms with van der Waals surface area (Å²) in [7, 11) is 0. The van der Waals surface area contributed by atoms with Crippen LogP contribution >= 0.6 is 0 Å². The lowest BCUT2D eigenvalue weighted by Gasteiger charge is -2.08. The number of amides is 1. The van der Waals surface area contributed by atoms with Crippen LogP contribution in [0.1, 0.15) is 23.0 Å². The number of carbonyl (C=O) groups excluding carboxylic acids is 1. The molecule has 0 saturated carbocycles. The fraction of sp³-hybridized carbons (Fsp3) is 0.154. The average molecular weight is 229 g/mol. The monoisotopic (exact) mass is 229 g/mol. The van der Waals surface area contributed by atoms with Crippen LogP contribution in [0.15, 0.2) is 42.6 Å². The third-order valence-corrected chi connectivity index (χ3v) is 2.74. The predicted molar refractivity (Wildman–Crippen MR) is 66.8 cm³/mol. The van der Waals surface area contributed by atoms with Crippen molar-refractivity contribution in [2.24, 2.45) is 5.84 Å². The van der Waals surface area contributed by atoms with Crippen LogP contribution in [0.4, 0.5) is 0 Å². The lowest BCUT2D eigenvalue weighted by molar-refractivity contribution is 0.0947. The van der Waals surface area contributed by atoms with Crippen LogP contribution in [-0.4, -0.2) is 10.5 Å². The number of benzene rings is 1. The Kier molecular flexibility index (Phi) is 3.25. The maximum absolute atomic E-state index is 11.5. The predicted octanol–water partition coefficient (Wildman–Crippen LogP) is 1.64. The van der Waals surface area contributed by atoms with E-state index in [4.69, 9.17) is 5.84 Å². The first-order valence-corrected chi connectivity index (χ1v) is 5.54. The Balaban J connectivity index is 2.39. The summed E-state index contributed by atoms with van der Waals surface area (Å²) in [5.74, 6) is 4.85. The maximum atomic E-state index is 11.5. The van der Waals surface area contributed by atoms with Gasteiger partial charge in [-0.3, -0.25) is 10.2 Å². The number of hydrogen-bond acceptors (Lipinski definition) is 2. The van der Waals surface area contributed by atoms with E-state index in [0.29, 0.717) is 5.69 Å². The summed E-state index contributed by atoms with van der Waals surface area (Å²) in [6.07, 6.45) is 2.84. The van der Waals surface area contributed by atoms with Gasteiger partial charge in [-0.15, -0.1) is 0 Å². The fourth-order valence-corrected chi connectivity index (χ4v) is 1.76. The molecule has 88 valence electrons. The summed E-state index contributed by atoms with van der Waals surface area (Å²) in [6.45, 7) is 2.11. The van der Waals surface area contributed by atoms with E-state index in [2.05, 4.69) is 24.5 Å². The van der Waals surface area contributed by atoms with Gasteiger partial charge in [0.05, 0.1) is 0 Å². The number of hydrazine groups is 1. The zero-order chi connectivity index (χ0) is 12.3. The quantitative estimate of drug-likeness (QED) is 0.477. The summed E-state index contributed by atoms with van der Waals surface area (Å²) in [5.41, 5.74) is 4.88. The number of aromatic nitrogens is 1. The Hall–Kier alpha value is -2.07. The minimum atomic E-state index is -0.297. The molecule has 0 aliphatic heterocycles. The van der Waals surface area contributed by atoms with E-state index in [1.54, 1.807) is 6.07 Å². The van der Waals surface area contributed by atoms with Crippen LogP contribution in [0.2, 0.25) is 0 Å². The van der Waals surface area contributed by atoms with Gasteiger partial charge in [-0.2, -0.15) is 0 Å². The van der Waals surface area contributed by atoms with Crippen molar-refractivity contribution in [2.75, 3.05) is 0 Å². The summed E-state index contributed by atoms with van der Waals surface area (Å²) in [6, 6.07) is 11.6. The number of carbonyl (C=O) groups is 1. The topological polar surface area (TPSA) is 60.0 Å². The summed E-state index contributed by atoms with van der Waals surface area (Å²) in [5, 5.41) is 0. The molecule has 4 nitrogen and oxygen atoms in total. The molecule has 3 N–H and O–H groups in total. The minimum Gasteiger partial charge on any atom is -0.312 e. The fourth-order valence-electron chi connectivity index (χ4n) is 1.76. The van der Waals surface area contributed by atoms with E-state index >= 15 is 0 Å². The first kappa shape index (κ1) is 11.4. The minimum absolute atomic E-state index is 0.297. The van der Waals surface area contributed by atoms with Gasteiger partial charge in [0.1, 0.15) is 5.69 Å². The second-order valence-electron chi connectivity index (χ2n) is 3.76. The summed E-state index contributed by atoms with van der Waals surface area (Å²) < 4.78 is 1.81. The van der Waals surface area contributed by atoms with Gasteiger partial charge >= 0.3 is 0 Å². The van der Waals surface area contributed by atoms with Crippen molar-refractivity contribution in [1.29, 1.82) is 0 Å². The number of hydrogen-bond donors (Lipinski definition) is 2. The van der Waals surface area contributed by atoms with Crippen LogP contribution < -0.4 is 11.3 Å². The van der Waals surface area contributed by atoms with Crippen LogP contribution in [0.25, 0.3) is 5.69 Å². The Labute approximate surface area is 100 Å². The van der Waals surface area contributed by atoms with E-state index in [0.717, 1.165) is 12.1 Å². The van der Waals surface area contributed by atoms with Crippen molar-refractivity contribution in [1.82, 2.24) is 9.99 Å². The Morgan fingerprint density at radius 2 is 2.00 bits per heavy atom. The molecule has 1 aromatic heterocycles. The molecule has 0 aliphatic rings. The molecule has 0 unspecified atom stereocenters. The molecular formula is C13H15N3O. The second kappa shape index (κ2) is 4.84. The highest BCUT2D eigenvalue weighted by molar-refractivity contribution is 5.92. The lowest BCUT2D eigenvalue weighted by Crippen LogP contribution is -2.31. The molecule has 4 heteroatoms. The Morgan fingerprint density at radius 1 is 1.29 bits per heavy atom. The molecule has 1 aromatic carbocycles. The Bertz CT molecular complexity index is 514. The van der Waals surface area contributed by atoms with Crippen LogP contribution in [0.3, 0.4) is 0 Å². The van der Waals surface area contributed by atoms with E-state index in [-0.39, 0.29) is 5.91 Å². The third kappa shape index (κ3) is 2.21. The molecule has 0 saturated heterocycles. The highest BCUT2D eigenvalue weighted by atomic mass is 16.2. The normalized spacial score (nSPS) is 10.2. The number of nitrogens with two attached hydrogens (primary N) is 1. The van der Waals surface area contributed by atoms with Gasteiger partial charge < -0.3 is 4.57 Å². The van der Waals surface area contributed by atoms with Crippen LogP contribution in [0.5, 0.6) is 0 Å². The molecule has 17 heavy (non-hydrogen) atoms. The van der Waals surface area contributed by atoms with Crippen molar-refractivity contribution in [3.8, 4) is 5.69 Å². The molecule has 1 amide bonds. The van der Waals surface area contributed by atoms with Crippen molar-refractivity contribution >= 4 is 5.91 Å². The van der Waals surface area contributed by atoms with Gasteiger partial charge in [0, 0.05) is 11.9 Å². The summed E-state index contributed by atoms with van der Waals surface area (Å²) in [4.78, 5) is 11.5. The lowest BCUT2D eigenvalue weighted by atomic mass is 10.1. The maximum Gasteiger partial charge on any atom is 0.282 e. The van der Waals surface area contributed by atoms with Gasteiger partial charge in [0.2, 0.25) is 0 Å². The molecule has 0 atom stereocenters. The zero-order valence-electron chi connectivity index (χ0n) is 9.68. The van der Waals surface area contributed by atoms with Gasteiger partial charge in [0.15, 0.2) is 0 Å². The first-order valence-electron chi connectivity index (χ1n) is 5.54. The third-order valence-electron chi connectivity index (χ3n) is 2.74. The second-order valence-corrected chi connectivity index (χ2v) is 3.76. The molecule has 2 aromatic rings.